The summed E-state index contributed by atoms with van der Waals surface area (Å²) in [5.74, 6) is 1.10. The highest BCUT2D eigenvalue weighted by molar-refractivity contribution is 6.30. The number of pyridine rings is 1. The molecule has 0 radical (unpaired) electrons. The Labute approximate surface area is 111 Å². The number of nitrogens with zero attached hydrogens (tertiary/aromatic N) is 3. The summed E-state index contributed by atoms with van der Waals surface area (Å²) >= 11 is 5.77. The predicted molar refractivity (Wildman–Crippen MR) is 69.4 cm³/mol. The maximum absolute atomic E-state index is 5.77. The Hall–Kier alpha value is -1.46. The summed E-state index contributed by atoms with van der Waals surface area (Å²) in [5, 5.41) is 7.77. The van der Waals surface area contributed by atoms with Crippen molar-refractivity contribution >= 4 is 11.6 Å². The second-order valence-corrected chi connectivity index (χ2v) is 4.67. The zero-order valence-corrected chi connectivity index (χ0v) is 11.1. The van der Waals surface area contributed by atoms with Crippen LogP contribution in [-0.4, -0.2) is 27.7 Å². The van der Waals surface area contributed by atoms with Crippen molar-refractivity contribution in [3.8, 4) is 11.5 Å². The van der Waals surface area contributed by atoms with E-state index in [1.807, 2.05) is 0 Å². The molecule has 18 heavy (non-hydrogen) atoms. The van der Waals surface area contributed by atoms with Gasteiger partial charge in [0, 0.05) is 25.2 Å². The lowest BCUT2D eigenvalue weighted by Crippen LogP contribution is -2.25. The smallest absolute Gasteiger partial charge is 0.228 e. The van der Waals surface area contributed by atoms with E-state index >= 15 is 0 Å². The Morgan fingerprint density at radius 3 is 2.89 bits per heavy atom. The first-order valence-corrected chi connectivity index (χ1v) is 6.21. The summed E-state index contributed by atoms with van der Waals surface area (Å²) in [5.41, 5.74) is 0.659. The van der Waals surface area contributed by atoms with Crippen LogP contribution < -0.4 is 5.32 Å². The van der Waals surface area contributed by atoms with Crippen LogP contribution in [0, 0.1) is 0 Å². The van der Waals surface area contributed by atoms with Gasteiger partial charge in [0.05, 0.1) is 5.02 Å². The van der Waals surface area contributed by atoms with Crippen molar-refractivity contribution in [3.05, 3.63) is 29.2 Å². The van der Waals surface area contributed by atoms with Gasteiger partial charge < -0.3 is 9.84 Å². The number of hydrogen-bond acceptors (Lipinski definition) is 5. The molecule has 0 fully saturated rings. The van der Waals surface area contributed by atoms with Crippen LogP contribution in [0.25, 0.3) is 11.5 Å². The minimum atomic E-state index is 0.449. The molecule has 2 rings (SSSR count). The van der Waals surface area contributed by atoms with Crippen LogP contribution in [0.1, 0.15) is 19.7 Å². The number of halogens is 1. The van der Waals surface area contributed by atoms with E-state index in [9.17, 15) is 0 Å². The molecule has 2 heterocycles. The minimum Gasteiger partial charge on any atom is -0.339 e. The van der Waals surface area contributed by atoms with Crippen molar-refractivity contribution in [3.63, 3.8) is 0 Å². The number of nitrogens with one attached hydrogen (secondary N) is 1. The summed E-state index contributed by atoms with van der Waals surface area (Å²) in [6, 6.07) is 3.97. The molecule has 6 heteroatoms. The zero-order valence-electron chi connectivity index (χ0n) is 10.4. The van der Waals surface area contributed by atoms with Crippen LogP contribution in [0.4, 0.5) is 0 Å². The third-order valence-corrected chi connectivity index (χ3v) is 2.54. The van der Waals surface area contributed by atoms with E-state index in [4.69, 9.17) is 16.1 Å². The topological polar surface area (TPSA) is 63.8 Å². The second-order valence-electron chi connectivity index (χ2n) is 4.23. The first kappa shape index (κ1) is 13.0. The molecule has 2 aromatic rings. The van der Waals surface area contributed by atoms with E-state index in [1.54, 1.807) is 18.3 Å². The van der Waals surface area contributed by atoms with Crippen molar-refractivity contribution in [1.29, 1.82) is 0 Å². The Morgan fingerprint density at radius 2 is 2.22 bits per heavy atom. The van der Waals surface area contributed by atoms with E-state index in [2.05, 4.69) is 34.3 Å². The summed E-state index contributed by atoms with van der Waals surface area (Å²) in [7, 11) is 0. The lowest BCUT2D eigenvalue weighted by Gasteiger charge is -2.04. The normalized spacial score (nSPS) is 11.1. The first-order chi connectivity index (χ1) is 8.65. The van der Waals surface area contributed by atoms with Gasteiger partial charge in [-0.2, -0.15) is 4.98 Å². The molecule has 0 aromatic carbocycles. The van der Waals surface area contributed by atoms with Gasteiger partial charge in [-0.05, 0) is 12.1 Å². The van der Waals surface area contributed by atoms with Crippen LogP contribution in [0.3, 0.4) is 0 Å². The second kappa shape index (κ2) is 5.93. The average molecular weight is 267 g/mol. The maximum Gasteiger partial charge on any atom is 0.228 e. The fourth-order valence-electron chi connectivity index (χ4n) is 1.44. The van der Waals surface area contributed by atoms with E-state index in [-0.39, 0.29) is 0 Å². The van der Waals surface area contributed by atoms with Gasteiger partial charge in [0.15, 0.2) is 0 Å². The van der Waals surface area contributed by atoms with E-state index in [1.165, 1.54) is 0 Å². The van der Waals surface area contributed by atoms with E-state index in [0.717, 1.165) is 6.54 Å². The first-order valence-electron chi connectivity index (χ1n) is 5.83. The Kier molecular flexibility index (Phi) is 4.28. The Morgan fingerprint density at radius 1 is 1.39 bits per heavy atom. The molecule has 0 bridgehead atoms. The summed E-state index contributed by atoms with van der Waals surface area (Å²) in [4.78, 5) is 8.42. The SMILES string of the molecule is CC(C)NCCc1nc(-c2ccc(Cl)cn2)no1. The zero-order chi connectivity index (χ0) is 13.0. The Bertz CT molecular complexity index is 495. The molecule has 5 nitrogen and oxygen atoms in total. The highest BCUT2D eigenvalue weighted by Crippen LogP contribution is 2.15. The quantitative estimate of drug-likeness (QED) is 0.900. The highest BCUT2D eigenvalue weighted by Gasteiger charge is 2.09. The van der Waals surface area contributed by atoms with Gasteiger partial charge in [-0.25, -0.2) is 0 Å². The number of rotatable bonds is 5. The van der Waals surface area contributed by atoms with E-state index < -0.39 is 0 Å². The maximum atomic E-state index is 5.77. The van der Waals surface area contributed by atoms with Gasteiger partial charge >= 0.3 is 0 Å². The van der Waals surface area contributed by atoms with Gasteiger partial charge in [-0.15, -0.1) is 0 Å². The largest absolute Gasteiger partial charge is 0.339 e. The summed E-state index contributed by atoms with van der Waals surface area (Å²) < 4.78 is 5.16. The molecule has 1 N–H and O–H groups in total. The molecule has 96 valence electrons. The molecule has 0 unspecified atom stereocenters. The molecule has 0 saturated carbocycles. The molecule has 0 aliphatic carbocycles. The van der Waals surface area contributed by atoms with Crippen molar-refractivity contribution in [2.45, 2.75) is 26.3 Å². The molecule has 0 spiro atoms. The third-order valence-electron chi connectivity index (χ3n) is 2.32. The standard InChI is InChI=1S/C12H15ClN4O/c1-8(2)14-6-5-11-16-12(17-18-11)10-4-3-9(13)7-15-10/h3-4,7-8,14H,5-6H2,1-2H3. The molecular formula is C12H15ClN4O. The van der Waals surface area contributed by atoms with Crippen molar-refractivity contribution in [2.24, 2.45) is 0 Å². The van der Waals surface area contributed by atoms with Crippen LogP contribution in [0.5, 0.6) is 0 Å². The number of aromatic nitrogens is 3. The summed E-state index contributed by atoms with van der Waals surface area (Å²) in [6.07, 6.45) is 2.27. The predicted octanol–water partition coefficient (Wildman–Crippen LogP) is 2.33. The van der Waals surface area contributed by atoms with Crippen LogP contribution in [-0.2, 0) is 6.42 Å². The van der Waals surface area contributed by atoms with Gasteiger partial charge in [0.1, 0.15) is 5.69 Å². The van der Waals surface area contributed by atoms with Crippen LogP contribution in [0.2, 0.25) is 5.02 Å². The summed E-state index contributed by atoms with van der Waals surface area (Å²) in [6.45, 7) is 5.00. The monoisotopic (exact) mass is 266 g/mol. The molecule has 0 amide bonds. The number of hydrogen-bond donors (Lipinski definition) is 1. The fraction of sp³-hybridized carbons (Fsp3) is 0.417. The van der Waals surface area contributed by atoms with Gasteiger partial charge in [-0.1, -0.05) is 30.6 Å². The van der Waals surface area contributed by atoms with Crippen LogP contribution >= 0.6 is 11.6 Å². The Balaban J connectivity index is 1.99. The molecule has 0 aliphatic heterocycles. The molecule has 2 aromatic heterocycles. The third kappa shape index (κ3) is 3.51. The van der Waals surface area contributed by atoms with Crippen molar-refractivity contribution in [2.75, 3.05) is 6.54 Å². The van der Waals surface area contributed by atoms with Gasteiger partial charge in [0.2, 0.25) is 11.7 Å². The minimum absolute atomic E-state index is 0.449. The molecule has 0 saturated heterocycles. The van der Waals surface area contributed by atoms with E-state index in [0.29, 0.717) is 34.9 Å². The van der Waals surface area contributed by atoms with Crippen molar-refractivity contribution in [1.82, 2.24) is 20.4 Å². The van der Waals surface area contributed by atoms with Gasteiger partial charge in [0.25, 0.3) is 0 Å². The molecular weight excluding hydrogens is 252 g/mol. The molecule has 0 atom stereocenters. The highest BCUT2D eigenvalue weighted by atomic mass is 35.5. The molecule has 0 aliphatic rings. The van der Waals surface area contributed by atoms with Crippen molar-refractivity contribution < 1.29 is 4.52 Å². The van der Waals surface area contributed by atoms with Gasteiger partial charge in [-0.3, -0.25) is 4.98 Å². The average Bonchev–Trinajstić information content (AvgIpc) is 2.78. The fourth-order valence-corrected chi connectivity index (χ4v) is 1.55. The van der Waals surface area contributed by atoms with Crippen LogP contribution in [0.15, 0.2) is 22.9 Å². The lowest BCUT2D eigenvalue weighted by molar-refractivity contribution is 0.374. The lowest BCUT2D eigenvalue weighted by atomic mass is 10.3.